The monoisotopic (exact) mass is 318 g/mol. The fraction of sp³-hybridized carbons (Fsp3) is 0.400. The van der Waals surface area contributed by atoms with Crippen LogP contribution in [0.2, 0.25) is 0 Å². The van der Waals surface area contributed by atoms with E-state index in [0.29, 0.717) is 25.3 Å². The summed E-state index contributed by atoms with van der Waals surface area (Å²) in [6.45, 7) is 3.17. The van der Waals surface area contributed by atoms with E-state index in [1.165, 1.54) is 9.30 Å². The fourth-order valence-electron chi connectivity index (χ4n) is 3.08. The number of fused-ring (bicyclic) bond motifs is 2. The van der Waals surface area contributed by atoms with Gasteiger partial charge >= 0.3 is 6.09 Å². The number of pyridine rings is 1. The van der Waals surface area contributed by atoms with Crippen LogP contribution in [0.25, 0.3) is 5.65 Å². The Labute approximate surface area is 131 Å². The maximum atomic E-state index is 14.5. The molecule has 0 radical (unpaired) electrons. The van der Waals surface area contributed by atoms with Gasteiger partial charge in [-0.3, -0.25) is 14.1 Å². The molecule has 0 saturated carbocycles. The van der Waals surface area contributed by atoms with Gasteiger partial charge in [0.15, 0.2) is 5.69 Å². The van der Waals surface area contributed by atoms with Gasteiger partial charge in [0, 0.05) is 25.8 Å². The molecule has 2 amide bonds. The predicted octanol–water partition coefficient (Wildman–Crippen LogP) is 1.06. The summed E-state index contributed by atoms with van der Waals surface area (Å²) in [6, 6.07) is 3.33. The number of hydrogen-bond donors (Lipinski definition) is 0. The zero-order chi connectivity index (χ0) is 16.1. The van der Waals surface area contributed by atoms with Crippen LogP contribution < -0.4 is 0 Å². The molecule has 0 spiro atoms. The van der Waals surface area contributed by atoms with Gasteiger partial charge in [0.05, 0.1) is 6.04 Å². The summed E-state index contributed by atoms with van der Waals surface area (Å²) >= 11 is 0. The number of carbonyl (C=O) groups is 2. The van der Waals surface area contributed by atoms with Crippen molar-refractivity contribution in [1.82, 2.24) is 19.2 Å². The number of aromatic nitrogens is 2. The molecule has 0 N–H and O–H groups in total. The van der Waals surface area contributed by atoms with E-state index >= 15 is 0 Å². The normalized spacial score (nSPS) is 20.8. The van der Waals surface area contributed by atoms with Gasteiger partial charge in [-0.1, -0.05) is 6.07 Å². The first-order valence-corrected chi connectivity index (χ1v) is 7.41. The maximum absolute atomic E-state index is 14.5. The molecule has 1 atom stereocenters. The van der Waals surface area contributed by atoms with E-state index in [1.807, 2.05) is 13.0 Å². The van der Waals surface area contributed by atoms with Gasteiger partial charge in [-0.2, -0.15) is 4.39 Å². The second-order valence-corrected chi connectivity index (χ2v) is 5.86. The van der Waals surface area contributed by atoms with Crippen LogP contribution in [-0.4, -0.2) is 63.5 Å². The summed E-state index contributed by atoms with van der Waals surface area (Å²) < 4.78 is 20.8. The largest absolute Gasteiger partial charge is 0.447 e. The number of imidazole rings is 1. The Hall–Kier alpha value is -2.64. The molecule has 2 aromatic heterocycles. The topological polar surface area (TPSA) is 67.2 Å². The second kappa shape index (κ2) is 4.94. The van der Waals surface area contributed by atoms with E-state index < -0.39 is 11.9 Å². The number of piperazine rings is 1. The Balaban J connectivity index is 1.62. The summed E-state index contributed by atoms with van der Waals surface area (Å²) in [5, 5.41) is 0. The first-order chi connectivity index (χ1) is 11.0. The Morgan fingerprint density at radius 2 is 2.22 bits per heavy atom. The molecule has 4 rings (SSSR count). The molecule has 120 valence electrons. The lowest BCUT2D eigenvalue weighted by Crippen LogP contribution is -2.53. The summed E-state index contributed by atoms with van der Waals surface area (Å²) in [5.74, 6) is -1.11. The van der Waals surface area contributed by atoms with Crippen molar-refractivity contribution >= 4 is 17.6 Å². The minimum absolute atomic E-state index is 0.164. The lowest BCUT2D eigenvalue weighted by molar-refractivity contribution is 0.0606. The molecule has 2 fully saturated rings. The number of amides is 2. The number of carbonyl (C=O) groups excluding carboxylic acids is 2. The first-order valence-electron chi connectivity index (χ1n) is 7.41. The van der Waals surface area contributed by atoms with Crippen LogP contribution in [0.15, 0.2) is 18.3 Å². The second-order valence-electron chi connectivity index (χ2n) is 5.86. The molecule has 2 saturated heterocycles. The average Bonchev–Trinajstić information content (AvgIpc) is 3.08. The van der Waals surface area contributed by atoms with Gasteiger partial charge in [0.1, 0.15) is 12.3 Å². The van der Waals surface area contributed by atoms with Crippen molar-refractivity contribution in [3.8, 4) is 0 Å². The van der Waals surface area contributed by atoms with E-state index in [4.69, 9.17) is 4.74 Å². The lowest BCUT2D eigenvalue weighted by Gasteiger charge is -2.34. The van der Waals surface area contributed by atoms with Crippen molar-refractivity contribution in [2.24, 2.45) is 0 Å². The first kappa shape index (κ1) is 14.0. The van der Waals surface area contributed by atoms with Crippen LogP contribution >= 0.6 is 0 Å². The Bertz CT molecular complexity index is 818. The van der Waals surface area contributed by atoms with Crippen LogP contribution in [0.5, 0.6) is 0 Å². The number of aryl methyl sites for hydroxylation is 1. The van der Waals surface area contributed by atoms with Gasteiger partial charge in [-0.05, 0) is 18.6 Å². The third-order valence-corrected chi connectivity index (χ3v) is 4.31. The van der Waals surface area contributed by atoms with E-state index in [0.717, 1.165) is 5.56 Å². The molecule has 2 aliphatic heterocycles. The zero-order valence-electron chi connectivity index (χ0n) is 12.5. The summed E-state index contributed by atoms with van der Waals surface area (Å²) in [7, 11) is 0. The van der Waals surface area contributed by atoms with Crippen molar-refractivity contribution in [2.75, 3.05) is 26.2 Å². The summed E-state index contributed by atoms with van der Waals surface area (Å²) in [5.41, 5.74) is 1.09. The highest BCUT2D eigenvalue weighted by molar-refractivity contribution is 5.93. The fourth-order valence-corrected chi connectivity index (χ4v) is 3.08. The third-order valence-electron chi connectivity index (χ3n) is 4.31. The summed E-state index contributed by atoms with van der Waals surface area (Å²) in [4.78, 5) is 31.3. The summed E-state index contributed by atoms with van der Waals surface area (Å²) in [6.07, 6.45) is 1.26. The van der Waals surface area contributed by atoms with Crippen LogP contribution in [0.3, 0.4) is 0 Å². The molecule has 0 aliphatic carbocycles. The van der Waals surface area contributed by atoms with E-state index in [2.05, 4.69) is 4.98 Å². The Morgan fingerprint density at radius 3 is 3.04 bits per heavy atom. The molecular weight excluding hydrogens is 303 g/mol. The quantitative estimate of drug-likeness (QED) is 0.788. The number of hydrogen-bond acceptors (Lipinski definition) is 4. The van der Waals surface area contributed by atoms with Crippen LogP contribution in [-0.2, 0) is 4.74 Å². The van der Waals surface area contributed by atoms with Crippen LogP contribution in [0, 0.1) is 12.9 Å². The van der Waals surface area contributed by atoms with Crippen molar-refractivity contribution in [2.45, 2.75) is 13.0 Å². The van der Waals surface area contributed by atoms with E-state index in [9.17, 15) is 14.0 Å². The highest BCUT2D eigenvalue weighted by Crippen LogP contribution is 2.20. The molecular formula is C15H15FN4O3. The van der Waals surface area contributed by atoms with Crippen molar-refractivity contribution < 1.29 is 18.7 Å². The third kappa shape index (κ3) is 2.13. The molecule has 23 heavy (non-hydrogen) atoms. The van der Waals surface area contributed by atoms with Crippen LogP contribution in [0.4, 0.5) is 9.18 Å². The van der Waals surface area contributed by atoms with E-state index in [1.54, 1.807) is 17.2 Å². The van der Waals surface area contributed by atoms with Gasteiger partial charge in [-0.25, -0.2) is 9.78 Å². The molecule has 2 aliphatic rings. The molecule has 0 bridgehead atoms. The number of nitrogens with zero attached hydrogens (tertiary/aromatic N) is 4. The van der Waals surface area contributed by atoms with Gasteiger partial charge in [0.2, 0.25) is 5.95 Å². The molecule has 7 nitrogen and oxygen atoms in total. The minimum Gasteiger partial charge on any atom is -0.447 e. The highest BCUT2D eigenvalue weighted by atomic mass is 19.1. The number of cyclic esters (lactones) is 1. The smallest absolute Gasteiger partial charge is 0.410 e. The highest BCUT2D eigenvalue weighted by Gasteiger charge is 2.39. The minimum atomic E-state index is -0.658. The van der Waals surface area contributed by atoms with Crippen LogP contribution in [0.1, 0.15) is 16.1 Å². The van der Waals surface area contributed by atoms with Gasteiger partial charge < -0.3 is 9.64 Å². The number of rotatable bonds is 1. The molecule has 4 heterocycles. The molecule has 0 unspecified atom stereocenters. The van der Waals surface area contributed by atoms with Crippen molar-refractivity contribution in [3.05, 3.63) is 35.5 Å². The van der Waals surface area contributed by atoms with Crippen molar-refractivity contribution in [3.63, 3.8) is 0 Å². The van der Waals surface area contributed by atoms with E-state index in [-0.39, 0.29) is 24.4 Å². The maximum Gasteiger partial charge on any atom is 0.410 e. The Kier molecular flexibility index (Phi) is 3.00. The predicted molar refractivity (Wildman–Crippen MR) is 77.6 cm³/mol. The average molecular weight is 318 g/mol. The molecule has 2 aromatic rings. The zero-order valence-corrected chi connectivity index (χ0v) is 12.5. The van der Waals surface area contributed by atoms with Crippen molar-refractivity contribution in [1.29, 1.82) is 0 Å². The number of ether oxygens (including phenoxy) is 1. The molecule has 8 heteroatoms. The Morgan fingerprint density at radius 1 is 1.39 bits per heavy atom. The lowest BCUT2D eigenvalue weighted by atomic mass is 10.2. The molecule has 0 aromatic carbocycles. The standard InChI is InChI=1S/C15H15FN4O3/c1-9-2-3-11-17-12(13(16)20(11)6-9)14(21)18-4-5-19-10(7-18)8-23-15(19)22/h2-3,6,10H,4-5,7-8H2,1H3/t10-/m1/s1. The number of halogens is 1. The van der Waals surface area contributed by atoms with Gasteiger partial charge in [0.25, 0.3) is 5.91 Å². The SMILES string of the molecule is Cc1ccc2nc(C(=O)N3CCN4C(=O)OC[C@H]4C3)c(F)n2c1. The van der Waals surface area contributed by atoms with Gasteiger partial charge in [-0.15, -0.1) is 0 Å².